The smallest absolute Gasteiger partial charge is 0.303 e. The fourth-order valence-corrected chi connectivity index (χ4v) is 1.19. The van der Waals surface area contributed by atoms with Crippen LogP contribution in [0.3, 0.4) is 0 Å². The molecule has 5 heteroatoms. The van der Waals surface area contributed by atoms with Crippen LogP contribution in [-0.4, -0.2) is 31.0 Å². The van der Waals surface area contributed by atoms with E-state index < -0.39 is 0 Å². The Morgan fingerprint density at radius 2 is 2.50 bits per heavy atom. The van der Waals surface area contributed by atoms with E-state index in [9.17, 15) is 4.79 Å². The van der Waals surface area contributed by atoms with Gasteiger partial charge in [-0.15, -0.1) is 6.58 Å². The number of thioether (sulfide) groups is 1. The van der Waals surface area contributed by atoms with E-state index >= 15 is 0 Å². The number of ether oxygens (including phenoxy) is 2. The van der Waals surface area contributed by atoms with Gasteiger partial charge in [0, 0.05) is 12.7 Å². The molecule has 0 saturated heterocycles. The molecule has 0 aromatic heterocycles. The average Bonchev–Trinajstić information content (AvgIpc) is 2.13. The monoisotopic (exact) mass is 215 g/mol. The Labute approximate surface area is 87.9 Å². The molecule has 1 unspecified atom stereocenters. The second-order valence-electron chi connectivity index (χ2n) is 2.46. The Bertz CT molecular complexity index is 225. The molecule has 0 aliphatic rings. The Morgan fingerprint density at radius 1 is 1.79 bits per heavy atom. The molecule has 0 bridgehead atoms. The van der Waals surface area contributed by atoms with Crippen molar-refractivity contribution in [1.29, 1.82) is 5.26 Å². The standard InChI is InChI=1S/C9H13NO3S/c1-3-4-12-5-9(6-14-7-10)13-8(2)11/h3,9H,1,4-6H2,2H3. The van der Waals surface area contributed by atoms with Crippen LogP contribution in [0.1, 0.15) is 6.92 Å². The lowest BCUT2D eigenvalue weighted by atomic mass is 10.4. The number of rotatable bonds is 7. The van der Waals surface area contributed by atoms with E-state index in [1.165, 1.54) is 6.92 Å². The molecule has 0 heterocycles. The molecule has 0 rings (SSSR count). The maximum atomic E-state index is 10.7. The van der Waals surface area contributed by atoms with Crippen molar-refractivity contribution in [1.82, 2.24) is 0 Å². The summed E-state index contributed by atoms with van der Waals surface area (Å²) >= 11 is 1.04. The van der Waals surface area contributed by atoms with Crippen LogP contribution in [-0.2, 0) is 14.3 Å². The molecule has 0 spiro atoms. The highest BCUT2D eigenvalue weighted by Crippen LogP contribution is 2.05. The number of carbonyl (C=O) groups excluding carboxylic acids is 1. The maximum absolute atomic E-state index is 10.7. The van der Waals surface area contributed by atoms with Crippen molar-refractivity contribution in [2.75, 3.05) is 19.0 Å². The fraction of sp³-hybridized carbons (Fsp3) is 0.556. The molecule has 0 aliphatic heterocycles. The van der Waals surface area contributed by atoms with Crippen LogP contribution in [0.25, 0.3) is 0 Å². The Hall–Kier alpha value is -0.990. The molecule has 0 aliphatic carbocycles. The number of thiocyanates is 1. The van der Waals surface area contributed by atoms with E-state index in [2.05, 4.69) is 6.58 Å². The van der Waals surface area contributed by atoms with E-state index in [1.54, 1.807) is 6.08 Å². The second kappa shape index (κ2) is 8.60. The number of carbonyl (C=O) groups is 1. The van der Waals surface area contributed by atoms with Gasteiger partial charge in [0.2, 0.25) is 0 Å². The topological polar surface area (TPSA) is 59.3 Å². The Balaban J connectivity index is 3.78. The van der Waals surface area contributed by atoms with E-state index in [-0.39, 0.29) is 12.1 Å². The van der Waals surface area contributed by atoms with Gasteiger partial charge in [-0.05, 0) is 11.8 Å². The largest absolute Gasteiger partial charge is 0.459 e. The molecule has 0 amide bonds. The molecule has 1 atom stereocenters. The molecule has 0 aromatic carbocycles. The van der Waals surface area contributed by atoms with Crippen molar-refractivity contribution in [2.24, 2.45) is 0 Å². The van der Waals surface area contributed by atoms with Gasteiger partial charge < -0.3 is 9.47 Å². The first-order valence-corrected chi connectivity index (χ1v) is 5.06. The third kappa shape index (κ3) is 7.65. The minimum absolute atomic E-state index is 0.292. The van der Waals surface area contributed by atoms with Crippen LogP contribution in [0.4, 0.5) is 0 Å². The lowest BCUT2D eigenvalue weighted by molar-refractivity contribution is -0.147. The summed E-state index contributed by atoms with van der Waals surface area (Å²) in [6, 6.07) is 0. The summed E-state index contributed by atoms with van der Waals surface area (Å²) in [6.45, 7) is 5.52. The van der Waals surface area contributed by atoms with Gasteiger partial charge in [-0.2, -0.15) is 5.26 Å². The highest BCUT2D eigenvalue weighted by molar-refractivity contribution is 8.03. The molecular weight excluding hydrogens is 202 g/mol. The van der Waals surface area contributed by atoms with Gasteiger partial charge in [0.1, 0.15) is 11.5 Å². The van der Waals surface area contributed by atoms with Gasteiger partial charge in [-0.25, -0.2) is 0 Å². The summed E-state index contributed by atoms with van der Waals surface area (Å²) in [4.78, 5) is 10.7. The summed E-state index contributed by atoms with van der Waals surface area (Å²) in [6.07, 6.45) is 1.25. The van der Waals surface area contributed by atoms with Gasteiger partial charge in [0.05, 0.1) is 13.2 Å². The summed E-state index contributed by atoms with van der Waals surface area (Å²) in [5, 5.41) is 10.2. The lowest BCUT2D eigenvalue weighted by Crippen LogP contribution is -2.24. The predicted octanol–water partition coefficient (Wildman–Crippen LogP) is 1.33. The van der Waals surface area contributed by atoms with Crippen molar-refractivity contribution in [3.05, 3.63) is 12.7 Å². The quantitative estimate of drug-likeness (QED) is 0.277. The summed E-state index contributed by atoms with van der Waals surface area (Å²) in [5.41, 5.74) is 0. The molecule has 14 heavy (non-hydrogen) atoms. The molecule has 0 fully saturated rings. The number of nitrogens with zero attached hydrogens (tertiary/aromatic N) is 1. The second-order valence-corrected chi connectivity index (χ2v) is 3.26. The van der Waals surface area contributed by atoms with Crippen LogP contribution in [0.2, 0.25) is 0 Å². The molecule has 0 radical (unpaired) electrons. The van der Waals surface area contributed by atoms with Crippen LogP contribution >= 0.6 is 11.8 Å². The van der Waals surface area contributed by atoms with Gasteiger partial charge in [-0.3, -0.25) is 4.79 Å². The van der Waals surface area contributed by atoms with E-state index in [0.717, 1.165) is 11.8 Å². The average molecular weight is 215 g/mol. The zero-order valence-electron chi connectivity index (χ0n) is 8.06. The molecule has 0 aromatic rings. The van der Waals surface area contributed by atoms with Crippen molar-refractivity contribution >= 4 is 17.7 Å². The SMILES string of the molecule is C=CCOCC(CSC#N)OC(C)=O. The number of hydrogen-bond acceptors (Lipinski definition) is 5. The Kier molecular flexibility index (Phi) is 7.99. The molecule has 4 nitrogen and oxygen atoms in total. The first-order valence-electron chi connectivity index (χ1n) is 4.07. The van der Waals surface area contributed by atoms with Gasteiger partial charge in [-0.1, -0.05) is 6.08 Å². The molecule has 78 valence electrons. The first-order chi connectivity index (χ1) is 6.70. The van der Waals surface area contributed by atoms with E-state index in [1.807, 2.05) is 5.40 Å². The third-order valence-electron chi connectivity index (χ3n) is 1.21. The van der Waals surface area contributed by atoms with Crippen molar-refractivity contribution in [3.63, 3.8) is 0 Å². The molecule has 0 N–H and O–H groups in total. The molecular formula is C9H13NO3S. The summed E-state index contributed by atoms with van der Waals surface area (Å²) in [5.74, 6) is 0.0588. The lowest BCUT2D eigenvalue weighted by Gasteiger charge is -2.14. The third-order valence-corrected chi connectivity index (χ3v) is 1.87. The highest BCUT2D eigenvalue weighted by atomic mass is 32.2. The van der Waals surface area contributed by atoms with Gasteiger partial charge >= 0.3 is 5.97 Å². The van der Waals surface area contributed by atoms with Crippen LogP contribution in [0.15, 0.2) is 12.7 Å². The normalized spacial score (nSPS) is 11.4. The first kappa shape index (κ1) is 13.0. The number of esters is 1. The van der Waals surface area contributed by atoms with Crippen molar-refractivity contribution in [3.8, 4) is 5.40 Å². The number of hydrogen-bond donors (Lipinski definition) is 0. The van der Waals surface area contributed by atoms with Crippen molar-refractivity contribution < 1.29 is 14.3 Å². The van der Waals surface area contributed by atoms with Crippen molar-refractivity contribution in [2.45, 2.75) is 13.0 Å². The zero-order valence-corrected chi connectivity index (χ0v) is 8.88. The van der Waals surface area contributed by atoms with E-state index in [4.69, 9.17) is 14.7 Å². The van der Waals surface area contributed by atoms with Crippen LogP contribution in [0.5, 0.6) is 0 Å². The predicted molar refractivity (Wildman–Crippen MR) is 54.6 cm³/mol. The maximum Gasteiger partial charge on any atom is 0.303 e. The van der Waals surface area contributed by atoms with Gasteiger partial charge in [0.15, 0.2) is 0 Å². The van der Waals surface area contributed by atoms with E-state index in [0.29, 0.717) is 19.0 Å². The summed E-state index contributed by atoms with van der Waals surface area (Å²) < 4.78 is 10.1. The zero-order chi connectivity index (χ0) is 10.8. The van der Waals surface area contributed by atoms with Crippen LogP contribution in [0, 0.1) is 10.7 Å². The molecule has 0 saturated carbocycles. The highest BCUT2D eigenvalue weighted by Gasteiger charge is 2.11. The van der Waals surface area contributed by atoms with Crippen LogP contribution < -0.4 is 0 Å². The number of nitriles is 1. The minimum Gasteiger partial charge on any atom is -0.459 e. The minimum atomic E-state index is -0.365. The van der Waals surface area contributed by atoms with Gasteiger partial charge in [0.25, 0.3) is 0 Å². The fourth-order valence-electron chi connectivity index (χ4n) is 0.764. The summed E-state index contributed by atoms with van der Waals surface area (Å²) in [7, 11) is 0. The Morgan fingerprint density at radius 3 is 3.00 bits per heavy atom.